The summed E-state index contributed by atoms with van der Waals surface area (Å²) in [6.07, 6.45) is 1.71. The van der Waals surface area contributed by atoms with Crippen LogP contribution in [0.2, 0.25) is 5.02 Å². The van der Waals surface area contributed by atoms with Crippen LogP contribution in [-0.4, -0.2) is 56.2 Å². The molecule has 2 N–H and O–H groups in total. The molecule has 192 valence electrons. The van der Waals surface area contributed by atoms with Crippen LogP contribution in [0, 0.1) is 20.8 Å². The number of rotatable bonds is 7. The molecule has 38 heavy (non-hydrogen) atoms. The molecule has 0 fully saturated rings. The summed E-state index contributed by atoms with van der Waals surface area (Å²) in [5.74, 6) is 1.28. The average molecular weight is 546 g/mol. The lowest BCUT2D eigenvalue weighted by atomic mass is 9.80. The van der Waals surface area contributed by atoms with E-state index in [0.29, 0.717) is 16.3 Å². The molecule has 0 spiro atoms. The van der Waals surface area contributed by atoms with Gasteiger partial charge in [0.25, 0.3) is 0 Å². The van der Waals surface area contributed by atoms with Gasteiger partial charge < -0.3 is 10.0 Å². The number of Topliss-reactive ketones (excluding diaryl/α,β-unsaturated/α-hetero) is 1. The summed E-state index contributed by atoms with van der Waals surface area (Å²) in [4.78, 5) is 23.7. The van der Waals surface area contributed by atoms with Crippen LogP contribution in [0.1, 0.15) is 51.2 Å². The summed E-state index contributed by atoms with van der Waals surface area (Å²) in [6.45, 7) is 6.07. The maximum absolute atomic E-state index is 13.1. The monoisotopic (exact) mass is 545 g/mol. The van der Waals surface area contributed by atoms with Crippen molar-refractivity contribution in [1.82, 2.24) is 14.8 Å². The van der Waals surface area contributed by atoms with Gasteiger partial charge in [-0.1, -0.05) is 48.0 Å². The molecule has 0 saturated carbocycles. The molecule has 0 unspecified atom stereocenters. The maximum Gasteiger partial charge on any atom is 0.488 e. The summed E-state index contributed by atoms with van der Waals surface area (Å²) < 4.78 is 2.02. The van der Waals surface area contributed by atoms with E-state index in [-0.39, 0.29) is 18.7 Å². The molecule has 1 aliphatic heterocycles. The highest BCUT2D eigenvalue weighted by Crippen LogP contribution is 2.39. The minimum absolute atomic E-state index is 0.0142. The number of aromatic nitrogens is 3. The highest BCUT2D eigenvalue weighted by molar-refractivity contribution is 7.15. The van der Waals surface area contributed by atoms with E-state index in [1.807, 2.05) is 35.8 Å². The second-order valence-electron chi connectivity index (χ2n) is 9.16. The predicted molar refractivity (Wildman–Crippen MR) is 152 cm³/mol. The van der Waals surface area contributed by atoms with Crippen LogP contribution in [0.4, 0.5) is 0 Å². The van der Waals surface area contributed by atoms with E-state index in [9.17, 15) is 14.8 Å². The molecule has 0 saturated heterocycles. The van der Waals surface area contributed by atoms with Crippen molar-refractivity contribution in [3.63, 3.8) is 0 Å². The number of carbonyl (C=O) groups is 1. The minimum Gasteiger partial charge on any atom is -0.423 e. The molecule has 8 nitrogen and oxygen atoms in total. The van der Waals surface area contributed by atoms with E-state index < -0.39 is 13.2 Å². The summed E-state index contributed by atoms with van der Waals surface area (Å²) in [5.41, 5.74) is 5.01. The number of thiophene rings is 1. The molecule has 11 heteroatoms. The van der Waals surface area contributed by atoms with Crippen molar-refractivity contribution < 1.29 is 14.8 Å². The third kappa shape index (κ3) is 5.13. The van der Waals surface area contributed by atoms with Gasteiger partial charge in [-0.25, -0.2) is 0 Å². The van der Waals surface area contributed by atoms with Crippen molar-refractivity contribution in [2.75, 3.05) is 6.54 Å². The second kappa shape index (κ2) is 10.7. The molecule has 2 aromatic carbocycles. The van der Waals surface area contributed by atoms with Gasteiger partial charge in [0.1, 0.15) is 16.9 Å². The van der Waals surface area contributed by atoms with Gasteiger partial charge in [-0.05, 0) is 49.5 Å². The van der Waals surface area contributed by atoms with Gasteiger partial charge in [-0.3, -0.25) is 19.3 Å². The molecule has 0 amide bonds. The van der Waals surface area contributed by atoms with Crippen LogP contribution in [0.3, 0.4) is 0 Å². The Morgan fingerprint density at radius 1 is 1.11 bits per heavy atom. The van der Waals surface area contributed by atoms with Crippen LogP contribution >= 0.6 is 22.9 Å². The van der Waals surface area contributed by atoms with Crippen LogP contribution < -0.4 is 5.46 Å². The fraction of sp³-hybridized carbons (Fsp3) is 0.222. The number of halogens is 1. The molecule has 1 atom stereocenters. The molecule has 4 aromatic rings. The Kier molecular flexibility index (Phi) is 7.40. The molecule has 2 aromatic heterocycles. The van der Waals surface area contributed by atoms with E-state index in [1.165, 1.54) is 4.88 Å². The average Bonchev–Trinajstić information content (AvgIpc) is 3.37. The number of ketones is 1. The number of nitrogens with zero attached hydrogens (tertiary/aromatic N) is 5. The van der Waals surface area contributed by atoms with Gasteiger partial charge in [-0.15, -0.1) is 21.5 Å². The van der Waals surface area contributed by atoms with Gasteiger partial charge in [0, 0.05) is 33.7 Å². The Balaban J connectivity index is 1.47. The number of benzene rings is 2. The molecule has 0 radical (unpaired) electrons. The van der Waals surface area contributed by atoms with Crippen molar-refractivity contribution in [2.24, 2.45) is 9.98 Å². The molecular weight excluding hydrogens is 521 g/mol. The molecule has 3 heterocycles. The Labute approximate surface area is 229 Å². The first kappa shape index (κ1) is 26.2. The standard InChI is InChI=1S/C27H25BClN5O3S/c1-15-16(2)38-27-24(15)25(19-6-10-21(29)11-7-19)31-23(26-33-32-17(3)34(26)27)12-22(35)14-30-13-18-4-8-20(9-5-18)28(36)37/h4-11,13,23,36-37H,12,14H2,1-3H3/t23-/m0/s1. The van der Waals surface area contributed by atoms with Crippen LogP contribution in [0.15, 0.2) is 58.5 Å². The molecule has 5 rings (SSSR count). The van der Waals surface area contributed by atoms with E-state index in [1.54, 1.807) is 41.8 Å². The first-order chi connectivity index (χ1) is 18.2. The Hall–Kier alpha value is -3.44. The number of hydrogen-bond acceptors (Lipinski definition) is 8. The lowest BCUT2D eigenvalue weighted by Crippen LogP contribution is -2.29. The van der Waals surface area contributed by atoms with E-state index in [0.717, 1.165) is 38.8 Å². The zero-order valence-corrected chi connectivity index (χ0v) is 22.7. The van der Waals surface area contributed by atoms with Gasteiger partial charge in [0.05, 0.1) is 12.3 Å². The fourth-order valence-electron chi connectivity index (χ4n) is 4.42. The summed E-state index contributed by atoms with van der Waals surface area (Å²) in [5, 5.41) is 28.9. The van der Waals surface area contributed by atoms with Gasteiger partial charge in [-0.2, -0.15) is 0 Å². The smallest absolute Gasteiger partial charge is 0.423 e. The predicted octanol–water partition coefficient (Wildman–Crippen LogP) is 3.56. The Bertz CT molecular complexity index is 1560. The van der Waals surface area contributed by atoms with Crippen molar-refractivity contribution in [2.45, 2.75) is 33.2 Å². The zero-order chi connectivity index (χ0) is 27.0. The number of aliphatic imine (C=N–C) groups is 2. The lowest BCUT2D eigenvalue weighted by molar-refractivity contribution is -0.118. The topological polar surface area (TPSA) is 113 Å². The van der Waals surface area contributed by atoms with Gasteiger partial charge >= 0.3 is 7.12 Å². The summed E-state index contributed by atoms with van der Waals surface area (Å²) in [7, 11) is -1.52. The Morgan fingerprint density at radius 3 is 2.50 bits per heavy atom. The normalized spacial score (nSPS) is 14.7. The number of hydrogen-bond donors (Lipinski definition) is 2. The lowest BCUT2D eigenvalue weighted by Gasteiger charge is -2.12. The largest absolute Gasteiger partial charge is 0.488 e. The van der Waals surface area contributed by atoms with E-state index >= 15 is 0 Å². The first-order valence-corrected chi connectivity index (χ1v) is 13.3. The zero-order valence-electron chi connectivity index (χ0n) is 21.1. The van der Waals surface area contributed by atoms with Gasteiger partial charge in [0.2, 0.25) is 0 Å². The van der Waals surface area contributed by atoms with Crippen molar-refractivity contribution in [3.05, 3.63) is 92.3 Å². The number of aryl methyl sites for hydroxylation is 2. The second-order valence-corrected chi connectivity index (χ2v) is 10.8. The third-order valence-corrected chi connectivity index (χ3v) is 7.97. The maximum atomic E-state index is 13.1. The van der Waals surface area contributed by atoms with E-state index in [4.69, 9.17) is 16.6 Å². The highest BCUT2D eigenvalue weighted by Gasteiger charge is 2.32. The van der Waals surface area contributed by atoms with Gasteiger partial charge in [0.15, 0.2) is 11.6 Å². The SMILES string of the molecule is Cc1sc2c(c1C)C(c1ccc(Cl)cc1)=N[C@@H](CC(=O)CN=Cc1ccc(B(O)O)cc1)c1nnc(C)n1-2. The summed E-state index contributed by atoms with van der Waals surface area (Å²) in [6, 6.07) is 13.7. The van der Waals surface area contributed by atoms with E-state index in [2.05, 4.69) is 29.0 Å². The number of fused-ring (bicyclic) bond motifs is 3. The molecular formula is C27H25BClN5O3S. The number of carbonyl (C=O) groups excluding carboxylic acids is 1. The van der Waals surface area contributed by atoms with Crippen molar-refractivity contribution >= 4 is 53.2 Å². The molecule has 0 bridgehead atoms. The Morgan fingerprint density at radius 2 is 1.82 bits per heavy atom. The quantitative estimate of drug-likeness (QED) is 0.272. The third-order valence-electron chi connectivity index (χ3n) is 6.52. The minimum atomic E-state index is -1.52. The summed E-state index contributed by atoms with van der Waals surface area (Å²) >= 11 is 7.83. The van der Waals surface area contributed by atoms with Crippen LogP contribution in [0.5, 0.6) is 0 Å². The fourth-order valence-corrected chi connectivity index (χ4v) is 5.76. The first-order valence-electron chi connectivity index (χ1n) is 12.1. The van der Waals surface area contributed by atoms with Crippen LogP contribution in [-0.2, 0) is 4.79 Å². The van der Waals surface area contributed by atoms with Crippen molar-refractivity contribution in [3.8, 4) is 5.00 Å². The highest BCUT2D eigenvalue weighted by atomic mass is 35.5. The van der Waals surface area contributed by atoms with Crippen molar-refractivity contribution in [1.29, 1.82) is 0 Å². The molecule has 0 aliphatic carbocycles. The van der Waals surface area contributed by atoms with Crippen LogP contribution in [0.25, 0.3) is 5.00 Å². The molecule has 1 aliphatic rings.